The molecule has 0 aliphatic carbocycles. The van der Waals surface area contributed by atoms with Crippen molar-refractivity contribution in [3.05, 3.63) is 58.0 Å². The Balaban J connectivity index is 0.00000126. The van der Waals surface area contributed by atoms with Gasteiger partial charge in [0.1, 0.15) is 5.00 Å². The Morgan fingerprint density at radius 1 is 1.26 bits per heavy atom. The third-order valence-corrected chi connectivity index (χ3v) is 5.20. The van der Waals surface area contributed by atoms with Crippen LogP contribution in [0.2, 0.25) is 0 Å². The number of aryl methyl sites for hydroxylation is 1. The van der Waals surface area contributed by atoms with E-state index in [0.29, 0.717) is 22.7 Å². The molecule has 7 heteroatoms. The van der Waals surface area contributed by atoms with Gasteiger partial charge in [-0.1, -0.05) is 42.1 Å². The molecule has 2 aromatic carbocycles. The third kappa shape index (κ3) is 4.76. The van der Waals surface area contributed by atoms with Crippen LogP contribution in [0.1, 0.15) is 33.3 Å². The van der Waals surface area contributed by atoms with Crippen molar-refractivity contribution in [2.24, 2.45) is 4.99 Å². The van der Waals surface area contributed by atoms with Gasteiger partial charge in [-0.15, -0.1) is 11.3 Å². The van der Waals surface area contributed by atoms with Gasteiger partial charge in [0.25, 0.3) is 0 Å². The standard InChI is InChI=1S/C20H19NO3S.ClH.Zn/c1-4-24-20(23)18-12(2)13(3)25-19(18)21-11-16-15-8-6-5-7-14(15)9-10-17(16)22;;/h5-11,22H,4H2,1-3H3;1H;/q;;+2/p-2/b21-11+;;. The fourth-order valence-electron chi connectivity index (χ4n) is 2.68. The summed E-state index contributed by atoms with van der Waals surface area (Å²) in [6, 6.07) is 11.0. The van der Waals surface area contributed by atoms with Gasteiger partial charge in [0, 0.05) is 11.1 Å². The van der Waals surface area contributed by atoms with Crippen LogP contribution in [0.25, 0.3) is 10.8 Å². The van der Waals surface area contributed by atoms with Gasteiger partial charge < -0.3 is 9.84 Å². The quantitative estimate of drug-likeness (QED) is 0.310. The zero-order valence-electron chi connectivity index (χ0n) is 15.4. The topological polar surface area (TPSA) is 61.7 Å². The normalized spacial score (nSPS) is 10.7. The van der Waals surface area contributed by atoms with E-state index in [9.17, 15) is 9.90 Å². The number of benzene rings is 2. The zero-order chi connectivity index (χ0) is 20.0. The first kappa shape index (κ1) is 21.6. The van der Waals surface area contributed by atoms with Crippen molar-refractivity contribution in [1.82, 2.24) is 0 Å². The number of hydrogen-bond acceptors (Lipinski definition) is 5. The van der Waals surface area contributed by atoms with Crippen molar-refractivity contribution in [2.45, 2.75) is 20.8 Å². The third-order valence-electron chi connectivity index (χ3n) is 4.09. The number of fused-ring (bicyclic) bond motifs is 1. The van der Waals surface area contributed by atoms with Gasteiger partial charge in [-0.05, 0) is 42.7 Å². The van der Waals surface area contributed by atoms with Crippen LogP contribution in [0.15, 0.2) is 41.4 Å². The van der Waals surface area contributed by atoms with Crippen LogP contribution >= 0.6 is 21.0 Å². The first-order valence-electron chi connectivity index (χ1n) is 8.29. The summed E-state index contributed by atoms with van der Waals surface area (Å²) in [5.74, 6) is -0.470. The zero-order valence-corrected chi connectivity index (χ0v) is 20.0. The summed E-state index contributed by atoms with van der Waals surface area (Å²) < 4.78 is 5.14. The van der Waals surface area contributed by atoms with Crippen molar-refractivity contribution >= 4 is 49.0 Å². The molecule has 1 heterocycles. The Morgan fingerprint density at radius 3 is 2.67 bits per heavy atom. The summed E-state index contributed by atoms with van der Waals surface area (Å²) in [6.07, 6.45) is 1.55. The van der Waals surface area contributed by atoms with Crippen LogP contribution in [0.5, 0.6) is 5.75 Å². The minimum absolute atomic E-state index is 0.0925. The molecule has 0 radical (unpaired) electrons. The molecule has 0 saturated carbocycles. The summed E-state index contributed by atoms with van der Waals surface area (Å²) in [6.45, 7) is 5.91. The molecular formula is C20H18ClNO3SZn. The number of thiophene rings is 1. The molecule has 0 saturated heterocycles. The maximum atomic E-state index is 12.3. The van der Waals surface area contributed by atoms with E-state index >= 15 is 0 Å². The van der Waals surface area contributed by atoms with E-state index < -0.39 is 0 Å². The molecule has 0 fully saturated rings. The maximum absolute atomic E-state index is 12.3. The number of carbonyl (C=O) groups is 1. The molecule has 0 unspecified atom stereocenters. The first-order valence-corrected chi connectivity index (χ1v) is 13.0. The second-order valence-electron chi connectivity index (χ2n) is 5.64. The minimum atomic E-state index is -0.378. The van der Waals surface area contributed by atoms with E-state index in [1.54, 1.807) is 25.3 Å². The summed E-state index contributed by atoms with van der Waals surface area (Å²) in [4.78, 5) is 17.7. The molecule has 0 N–H and O–H groups in total. The van der Waals surface area contributed by atoms with E-state index in [2.05, 4.69) is 4.99 Å². The number of ether oxygens (including phenoxy) is 1. The number of nitrogens with zero attached hydrogens (tertiary/aromatic N) is 1. The number of carbonyl (C=O) groups excluding carboxylic acids is 1. The Bertz CT molecular complexity index is 985. The Hall–Kier alpha value is -1.75. The van der Waals surface area contributed by atoms with Crippen molar-refractivity contribution in [3.8, 4) is 5.75 Å². The number of esters is 1. The molecule has 136 valence electrons. The molecule has 0 amide bonds. The first-order chi connectivity index (χ1) is 13.0. The van der Waals surface area contributed by atoms with Crippen molar-refractivity contribution < 1.29 is 31.9 Å². The Kier molecular flexibility index (Phi) is 7.96. The van der Waals surface area contributed by atoms with Crippen molar-refractivity contribution in [2.75, 3.05) is 6.61 Å². The monoisotopic (exact) mass is 451 g/mol. The second kappa shape index (κ2) is 9.98. The molecule has 1 aromatic heterocycles. The fourth-order valence-corrected chi connectivity index (χ4v) is 3.66. The van der Waals surface area contributed by atoms with Gasteiger partial charge in [-0.3, -0.25) is 0 Å². The SMILES string of the molecule is CCOC(=O)c1c(/N=C/c2c([O-])ccc3ccccc23)sc(C)c1C.[Cl][Zn+]. The van der Waals surface area contributed by atoms with Gasteiger partial charge in [-0.25, -0.2) is 9.79 Å². The Morgan fingerprint density at radius 2 is 1.96 bits per heavy atom. The predicted octanol–water partition coefficient (Wildman–Crippen LogP) is 5.21. The summed E-state index contributed by atoms with van der Waals surface area (Å²) in [5, 5.41) is 14.7. The van der Waals surface area contributed by atoms with Gasteiger partial charge in [-0.2, -0.15) is 0 Å². The van der Waals surface area contributed by atoms with Crippen molar-refractivity contribution in [3.63, 3.8) is 0 Å². The molecule has 0 bridgehead atoms. The van der Waals surface area contributed by atoms with Crippen LogP contribution in [-0.2, 0) is 22.0 Å². The molecule has 0 atom stereocenters. The average molecular weight is 453 g/mol. The van der Waals surface area contributed by atoms with Gasteiger partial charge in [0.15, 0.2) is 0 Å². The molecule has 0 aliphatic rings. The predicted molar refractivity (Wildman–Crippen MR) is 106 cm³/mol. The van der Waals surface area contributed by atoms with Gasteiger partial charge in [0.05, 0.1) is 12.2 Å². The van der Waals surface area contributed by atoms with E-state index in [1.807, 2.05) is 38.1 Å². The van der Waals surface area contributed by atoms with Gasteiger partial charge >= 0.3 is 33.0 Å². The summed E-state index contributed by atoms with van der Waals surface area (Å²) >= 11 is 2.27. The molecule has 4 nitrogen and oxygen atoms in total. The fraction of sp³-hybridized carbons (Fsp3) is 0.200. The summed E-state index contributed by atoms with van der Waals surface area (Å²) in [7, 11) is 4.76. The van der Waals surface area contributed by atoms with Gasteiger partial charge in [0.2, 0.25) is 0 Å². The van der Waals surface area contributed by atoms with Crippen LogP contribution in [0, 0.1) is 13.8 Å². The van der Waals surface area contributed by atoms with E-state index in [-0.39, 0.29) is 11.7 Å². The molecule has 3 aromatic rings. The molecule has 3 rings (SSSR count). The Labute approximate surface area is 176 Å². The van der Waals surface area contributed by atoms with Crippen molar-refractivity contribution in [1.29, 1.82) is 0 Å². The molecule has 0 spiro atoms. The van der Waals surface area contributed by atoms with Crippen LogP contribution in [0.4, 0.5) is 5.00 Å². The molecular weight excluding hydrogens is 435 g/mol. The number of rotatable bonds is 4. The molecule has 27 heavy (non-hydrogen) atoms. The average Bonchev–Trinajstić information content (AvgIpc) is 2.96. The molecule has 0 aliphatic heterocycles. The van der Waals surface area contributed by atoms with Crippen LogP contribution < -0.4 is 5.11 Å². The second-order valence-corrected chi connectivity index (χ2v) is 6.84. The van der Waals surface area contributed by atoms with Crippen LogP contribution in [0.3, 0.4) is 0 Å². The van der Waals surface area contributed by atoms with E-state index in [4.69, 9.17) is 14.4 Å². The van der Waals surface area contributed by atoms with E-state index in [0.717, 1.165) is 38.5 Å². The van der Waals surface area contributed by atoms with Crippen LogP contribution in [-0.4, -0.2) is 18.8 Å². The van der Waals surface area contributed by atoms with E-state index in [1.165, 1.54) is 11.3 Å². The number of hydrogen-bond donors (Lipinski definition) is 0. The number of halogens is 1. The summed E-state index contributed by atoms with van der Waals surface area (Å²) in [5.41, 5.74) is 1.88. The number of aliphatic imine (C=N–C) groups is 1.